The van der Waals surface area contributed by atoms with Crippen LogP contribution in [-0.4, -0.2) is 34.4 Å². The smallest absolute Gasteiger partial charge is 0.407 e. The molecule has 0 atom stereocenters. The Morgan fingerprint density at radius 1 is 1.08 bits per heavy atom. The maximum absolute atomic E-state index is 12.0. The number of fused-ring (bicyclic) bond motifs is 3. The van der Waals surface area contributed by atoms with Crippen molar-refractivity contribution in [1.29, 1.82) is 0 Å². The molecule has 1 aliphatic carbocycles. The molecule has 0 spiro atoms. The molecule has 0 bridgehead atoms. The maximum atomic E-state index is 12.0. The lowest BCUT2D eigenvalue weighted by molar-refractivity contribution is 0.143. The van der Waals surface area contributed by atoms with Crippen molar-refractivity contribution in [2.75, 3.05) is 13.2 Å². The van der Waals surface area contributed by atoms with Crippen molar-refractivity contribution in [1.82, 2.24) is 20.5 Å². The largest absolute Gasteiger partial charge is 0.449 e. The van der Waals surface area contributed by atoms with E-state index in [4.69, 9.17) is 4.74 Å². The Morgan fingerprint density at radius 3 is 2.40 bits per heavy atom. The van der Waals surface area contributed by atoms with Crippen LogP contribution in [0.1, 0.15) is 22.9 Å². The van der Waals surface area contributed by atoms with Gasteiger partial charge in [0.05, 0.1) is 0 Å². The highest BCUT2D eigenvalue weighted by molar-refractivity contribution is 5.79. The van der Waals surface area contributed by atoms with Crippen molar-refractivity contribution in [2.24, 2.45) is 0 Å². The second-order valence-corrected chi connectivity index (χ2v) is 5.93. The van der Waals surface area contributed by atoms with Crippen molar-refractivity contribution in [3.05, 3.63) is 71.8 Å². The lowest BCUT2D eigenvalue weighted by atomic mass is 9.98. The van der Waals surface area contributed by atoms with Crippen molar-refractivity contribution < 1.29 is 9.53 Å². The SMILES string of the molecule is O=C(NCCc1ncn[nH]1)OCC1c2ccccc2-c2ccccc21. The Morgan fingerprint density at radius 2 is 1.76 bits per heavy atom. The van der Waals surface area contributed by atoms with E-state index in [0.717, 1.165) is 5.82 Å². The number of nitrogens with zero attached hydrogens (tertiary/aromatic N) is 2. The number of carbonyl (C=O) groups is 1. The maximum Gasteiger partial charge on any atom is 0.407 e. The summed E-state index contributed by atoms with van der Waals surface area (Å²) in [5.41, 5.74) is 4.85. The van der Waals surface area contributed by atoms with Crippen molar-refractivity contribution in [2.45, 2.75) is 12.3 Å². The standard InChI is InChI=1S/C19H18N4O2/c24-19(20-10-9-18-21-12-22-23-18)25-11-17-15-7-3-1-5-13(15)14-6-2-4-8-16(14)17/h1-8,12,17H,9-11H2,(H,20,24)(H,21,22,23). The molecular formula is C19H18N4O2. The highest BCUT2D eigenvalue weighted by atomic mass is 16.5. The number of alkyl carbamates (subject to hydrolysis) is 1. The first-order chi connectivity index (χ1) is 12.3. The molecule has 1 amide bonds. The van der Waals surface area contributed by atoms with Gasteiger partial charge in [0.25, 0.3) is 0 Å². The predicted molar refractivity (Wildman–Crippen MR) is 93.2 cm³/mol. The van der Waals surface area contributed by atoms with Crippen LogP contribution in [0.4, 0.5) is 4.79 Å². The van der Waals surface area contributed by atoms with E-state index in [-0.39, 0.29) is 5.92 Å². The van der Waals surface area contributed by atoms with Gasteiger partial charge in [-0.05, 0) is 22.3 Å². The van der Waals surface area contributed by atoms with E-state index in [1.54, 1.807) is 0 Å². The van der Waals surface area contributed by atoms with Gasteiger partial charge in [0, 0.05) is 18.9 Å². The summed E-state index contributed by atoms with van der Waals surface area (Å²) in [6, 6.07) is 16.6. The van der Waals surface area contributed by atoms with Gasteiger partial charge in [0.1, 0.15) is 18.8 Å². The minimum Gasteiger partial charge on any atom is -0.449 e. The molecule has 0 fully saturated rings. The molecule has 1 heterocycles. The van der Waals surface area contributed by atoms with Crippen LogP contribution in [0.15, 0.2) is 54.9 Å². The topological polar surface area (TPSA) is 79.9 Å². The molecule has 0 saturated heterocycles. The highest BCUT2D eigenvalue weighted by Crippen LogP contribution is 2.44. The number of carbonyl (C=O) groups excluding carboxylic acids is 1. The van der Waals surface area contributed by atoms with Gasteiger partial charge in [-0.2, -0.15) is 5.10 Å². The second-order valence-electron chi connectivity index (χ2n) is 5.93. The third-order valence-electron chi connectivity index (χ3n) is 4.44. The van der Waals surface area contributed by atoms with Crippen molar-refractivity contribution >= 4 is 6.09 Å². The van der Waals surface area contributed by atoms with E-state index in [2.05, 4.69) is 44.8 Å². The molecule has 1 aliphatic rings. The number of nitrogens with one attached hydrogen (secondary N) is 2. The summed E-state index contributed by atoms with van der Waals surface area (Å²) in [6.07, 6.45) is 1.62. The molecule has 4 rings (SSSR count). The number of benzene rings is 2. The number of H-pyrrole nitrogens is 1. The van der Waals surface area contributed by atoms with Gasteiger partial charge >= 0.3 is 6.09 Å². The number of rotatable bonds is 5. The molecule has 3 aromatic rings. The normalized spacial score (nSPS) is 12.5. The summed E-state index contributed by atoms with van der Waals surface area (Å²) in [6.45, 7) is 0.772. The van der Waals surface area contributed by atoms with Crippen LogP contribution in [0.5, 0.6) is 0 Å². The molecule has 25 heavy (non-hydrogen) atoms. The number of hydrogen-bond donors (Lipinski definition) is 2. The minimum absolute atomic E-state index is 0.0763. The van der Waals surface area contributed by atoms with Crippen LogP contribution in [0.2, 0.25) is 0 Å². The van der Waals surface area contributed by atoms with Gasteiger partial charge in [-0.15, -0.1) is 0 Å². The number of ether oxygens (including phenoxy) is 1. The van der Waals surface area contributed by atoms with Crippen LogP contribution >= 0.6 is 0 Å². The van der Waals surface area contributed by atoms with Crippen LogP contribution in [0.3, 0.4) is 0 Å². The number of hydrogen-bond acceptors (Lipinski definition) is 4. The summed E-state index contributed by atoms with van der Waals surface area (Å²) < 4.78 is 5.46. The fourth-order valence-electron chi connectivity index (χ4n) is 3.28. The monoisotopic (exact) mass is 334 g/mol. The lowest BCUT2D eigenvalue weighted by Crippen LogP contribution is -2.28. The Labute approximate surface area is 145 Å². The van der Waals surface area contributed by atoms with Crippen LogP contribution in [0, 0.1) is 0 Å². The zero-order valence-corrected chi connectivity index (χ0v) is 13.6. The number of aromatic amines is 1. The van der Waals surface area contributed by atoms with Gasteiger partial charge in [-0.25, -0.2) is 9.78 Å². The number of aromatic nitrogens is 3. The van der Waals surface area contributed by atoms with Crippen LogP contribution < -0.4 is 5.32 Å². The van der Waals surface area contributed by atoms with Gasteiger partial charge in [-0.1, -0.05) is 48.5 Å². The Balaban J connectivity index is 1.38. The molecule has 0 saturated carbocycles. The Bertz CT molecular complexity index is 831. The first kappa shape index (κ1) is 15.4. The minimum atomic E-state index is -0.415. The molecule has 2 N–H and O–H groups in total. The van der Waals surface area contributed by atoms with Gasteiger partial charge in [0.15, 0.2) is 0 Å². The van der Waals surface area contributed by atoms with Gasteiger partial charge in [0.2, 0.25) is 0 Å². The zero-order valence-electron chi connectivity index (χ0n) is 13.6. The van der Waals surface area contributed by atoms with E-state index in [1.807, 2.05) is 24.3 Å². The first-order valence-corrected chi connectivity index (χ1v) is 8.26. The average Bonchev–Trinajstić information content (AvgIpc) is 3.26. The molecule has 0 aliphatic heterocycles. The predicted octanol–water partition coefficient (Wildman–Crippen LogP) is 2.89. The molecule has 6 nitrogen and oxygen atoms in total. The zero-order chi connectivity index (χ0) is 17.1. The van der Waals surface area contributed by atoms with Crippen molar-refractivity contribution in [3.63, 3.8) is 0 Å². The summed E-state index contributed by atoms with van der Waals surface area (Å²) in [7, 11) is 0. The molecule has 0 radical (unpaired) electrons. The summed E-state index contributed by atoms with van der Waals surface area (Å²) in [5, 5.41) is 9.27. The Hall–Kier alpha value is -3.15. The molecule has 6 heteroatoms. The molecule has 1 aromatic heterocycles. The van der Waals surface area contributed by atoms with Gasteiger partial charge in [-0.3, -0.25) is 5.10 Å². The Kier molecular flexibility index (Phi) is 4.16. The van der Waals surface area contributed by atoms with E-state index in [0.29, 0.717) is 19.6 Å². The highest BCUT2D eigenvalue weighted by Gasteiger charge is 2.28. The molecule has 2 aromatic carbocycles. The van der Waals surface area contributed by atoms with E-state index < -0.39 is 6.09 Å². The molecule has 0 unspecified atom stereocenters. The average molecular weight is 334 g/mol. The second kappa shape index (κ2) is 6.76. The fraction of sp³-hybridized carbons (Fsp3) is 0.211. The number of amides is 1. The van der Waals surface area contributed by atoms with Crippen LogP contribution in [-0.2, 0) is 11.2 Å². The lowest BCUT2D eigenvalue weighted by Gasteiger charge is -2.14. The van der Waals surface area contributed by atoms with E-state index >= 15 is 0 Å². The summed E-state index contributed by atoms with van der Waals surface area (Å²) >= 11 is 0. The summed E-state index contributed by atoms with van der Waals surface area (Å²) in [5.74, 6) is 0.811. The molecular weight excluding hydrogens is 316 g/mol. The van der Waals surface area contributed by atoms with Crippen LogP contribution in [0.25, 0.3) is 11.1 Å². The third-order valence-corrected chi connectivity index (χ3v) is 4.44. The van der Waals surface area contributed by atoms with E-state index in [1.165, 1.54) is 28.6 Å². The third kappa shape index (κ3) is 3.10. The quantitative estimate of drug-likeness (QED) is 0.752. The first-order valence-electron chi connectivity index (χ1n) is 8.26. The van der Waals surface area contributed by atoms with E-state index in [9.17, 15) is 4.79 Å². The molecule has 126 valence electrons. The van der Waals surface area contributed by atoms with Crippen molar-refractivity contribution in [3.8, 4) is 11.1 Å². The van der Waals surface area contributed by atoms with Gasteiger partial charge < -0.3 is 10.1 Å². The fourth-order valence-corrected chi connectivity index (χ4v) is 3.28. The summed E-state index contributed by atoms with van der Waals surface area (Å²) in [4.78, 5) is 16.0.